The average molecular weight is 344 g/mol. The summed E-state index contributed by atoms with van der Waals surface area (Å²) in [5.41, 5.74) is 6.69. The van der Waals surface area contributed by atoms with E-state index >= 15 is 0 Å². The van der Waals surface area contributed by atoms with Crippen LogP contribution in [-0.4, -0.2) is 16.5 Å². The summed E-state index contributed by atoms with van der Waals surface area (Å²) in [5, 5.41) is 20.6. The van der Waals surface area contributed by atoms with Crippen LogP contribution >= 0.6 is 11.8 Å². The van der Waals surface area contributed by atoms with Crippen LogP contribution in [0, 0.1) is 22.7 Å². The number of rotatable bonds is 4. The molecule has 0 saturated heterocycles. The number of fused-ring (bicyclic) bond motifs is 1. The molecule has 1 heterocycles. The minimum atomic E-state index is -0.0654. The van der Waals surface area contributed by atoms with E-state index in [4.69, 9.17) is 11.0 Å². The Balaban J connectivity index is 1.81. The lowest BCUT2D eigenvalue weighted by atomic mass is 10.1. The van der Waals surface area contributed by atoms with Crippen molar-refractivity contribution in [2.75, 3.05) is 11.5 Å². The number of Topliss-reactive ketones (excluding diaryl/α,β-unsaturated/α-hetero) is 1. The second-order valence-corrected chi connectivity index (χ2v) is 6.24. The summed E-state index contributed by atoms with van der Waals surface area (Å²) < 4.78 is 0. The van der Waals surface area contributed by atoms with E-state index in [0.29, 0.717) is 10.6 Å². The number of carbonyl (C=O) groups excluding carboxylic acids is 1. The Morgan fingerprint density at radius 2 is 1.76 bits per heavy atom. The molecule has 25 heavy (non-hydrogen) atoms. The first kappa shape index (κ1) is 16.5. The van der Waals surface area contributed by atoms with Crippen molar-refractivity contribution in [3.05, 3.63) is 65.2 Å². The molecule has 0 unspecified atom stereocenters. The fraction of sp³-hybridized carbons (Fsp3) is 0.0526. The summed E-state index contributed by atoms with van der Waals surface area (Å²) in [4.78, 5) is 16.5. The molecule has 3 rings (SSSR count). The van der Waals surface area contributed by atoms with Gasteiger partial charge in [-0.2, -0.15) is 10.5 Å². The molecule has 0 saturated carbocycles. The second kappa shape index (κ2) is 7.04. The number of ketones is 1. The molecule has 120 valence electrons. The van der Waals surface area contributed by atoms with Crippen molar-refractivity contribution in [1.29, 1.82) is 10.5 Å². The number of hydrogen-bond acceptors (Lipinski definition) is 6. The van der Waals surface area contributed by atoms with E-state index in [0.717, 1.165) is 22.5 Å². The number of nitriles is 2. The maximum absolute atomic E-state index is 12.5. The van der Waals surface area contributed by atoms with Gasteiger partial charge in [-0.05, 0) is 22.9 Å². The van der Waals surface area contributed by atoms with Crippen molar-refractivity contribution in [1.82, 2.24) is 4.98 Å². The third-order valence-electron chi connectivity index (χ3n) is 3.67. The largest absolute Gasteiger partial charge is 0.383 e. The van der Waals surface area contributed by atoms with Crippen LogP contribution in [0.25, 0.3) is 10.8 Å². The lowest BCUT2D eigenvalue weighted by Gasteiger charge is -2.06. The third kappa shape index (κ3) is 3.45. The van der Waals surface area contributed by atoms with Gasteiger partial charge in [0.15, 0.2) is 5.78 Å². The Hall–Kier alpha value is -3.35. The predicted molar refractivity (Wildman–Crippen MR) is 97.1 cm³/mol. The molecule has 0 fully saturated rings. The van der Waals surface area contributed by atoms with Crippen LogP contribution in [0.3, 0.4) is 0 Å². The first-order valence-electron chi connectivity index (χ1n) is 7.38. The van der Waals surface area contributed by atoms with E-state index < -0.39 is 0 Å². The molecular formula is C19H12N4OS. The summed E-state index contributed by atoms with van der Waals surface area (Å²) in [5.74, 6) is 0.122. The molecule has 2 N–H and O–H groups in total. The van der Waals surface area contributed by atoms with Crippen molar-refractivity contribution in [3.63, 3.8) is 0 Å². The summed E-state index contributed by atoms with van der Waals surface area (Å²) >= 11 is 1.14. The smallest absolute Gasteiger partial charge is 0.173 e. The molecule has 0 aliphatic rings. The highest BCUT2D eigenvalue weighted by Gasteiger charge is 2.13. The highest BCUT2D eigenvalue weighted by molar-refractivity contribution is 8.00. The second-order valence-electron chi connectivity index (χ2n) is 5.27. The average Bonchev–Trinajstić information content (AvgIpc) is 2.65. The Bertz CT molecular complexity index is 1060. The zero-order valence-corrected chi connectivity index (χ0v) is 13.9. The minimum Gasteiger partial charge on any atom is -0.383 e. The van der Waals surface area contributed by atoms with Gasteiger partial charge in [-0.15, -0.1) is 0 Å². The fourth-order valence-corrected chi connectivity index (χ4v) is 3.23. The van der Waals surface area contributed by atoms with Crippen LogP contribution in [0.2, 0.25) is 0 Å². The zero-order chi connectivity index (χ0) is 17.8. The number of aromatic nitrogens is 1. The third-order valence-corrected chi connectivity index (χ3v) is 4.66. The quantitative estimate of drug-likeness (QED) is 0.573. The standard InChI is InChI=1S/C19H12N4OS/c20-9-15-8-16(10-21)19(23-18(15)22)25-11-17(24)14-6-5-12-3-1-2-4-13(12)7-14/h1-8H,11H2,(H2,22,23). The van der Waals surface area contributed by atoms with Crippen LogP contribution < -0.4 is 5.73 Å². The monoisotopic (exact) mass is 344 g/mol. The van der Waals surface area contributed by atoms with Crippen LogP contribution in [0.15, 0.2) is 53.6 Å². The van der Waals surface area contributed by atoms with Gasteiger partial charge in [-0.25, -0.2) is 4.98 Å². The maximum atomic E-state index is 12.5. The van der Waals surface area contributed by atoms with E-state index in [-0.39, 0.29) is 28.5 Å². The van der Waals surface area contributed by atoms with E-state index in [2.05, 4.69) is 4.98 Å². The predicted octanol–water partition coefficient (Wildman–Crippen LogP) is 3.54. The van der Waals surface area contributed by atoms with Gasteiger partial charge in [0.1, 0.15) is 23.0 Å². The highest BCUT2D eigenvalue weighted by atomic mass is 32.2. The molecule has 0 spiro atoms. The molecule has 0 amide bonds. The van der Waals surface area contributed by atoms with Gasteiger partial charge in [0.25, 0.3) is 0 Å². The molecule has 1 aromatic heterocycles. The van der Waals surface area contributed by atoms with Gasteiger partial charge in [-0.1, -0.05) is 48.2 Å². The van der Waals surface area contributed by atoms with E-state index in [1.165, 1.54) is 6.07 Å². The lowest BCUT2D eigenvalue weighted by Crippen LogP contribution is -2.04. The number of nitrogen functional groups attached to an aromatic ring is 1. The molecule has 0 bridgehead atoms. The Morgan fingerprint density at radius 1 is 1.04 bits per heavy atom. The van der Waals surface area contributed by atoms with Crippen LogP contribution in [0.4, 0.5) is 5.82 Å². The Labute approximate surface area is 148 Å². The van der Waals surface area contributed by atoms with Crippen molar-refractivity contribution in [3.8, 4) is 12.1 Å². The van der Waals surface area contributed by atoms with E-state index in [1.54, 1.807) is 6.07 Å². The van der Waals surface area contributed by atoms with Crippen molar-refractivity contribution < 1.29 is 4.79 Å². The van der Waals surface area contributed by atoms with Gasteiger partial charge >= 0.3 is 0 Å². The molecule has 0 aliphatic heterocycles. The Kier molecular flexibility index (Phi) is 4.65. The molecule has 3 aromatic rings. The van der Waals surface area contributed by atoms with Gasteiger partial charge in [0.2, 0.25) is 0 Å². The van der Waals surface area contributed by atoms with Gasteiger partial charge < -0.3 is 5.73 Å². The van der Waals surface area contributed by atoms with Crippen LogP contribution in [0.1, 0.15) is 21.5 Å². The zero-order valence-electron chi connectivity index (χ0n) is 13.1. The molecule has 6 heteroatoms. The number of pyridine rings is 1. The summed E-state index contributed by atoms with van der Waals surface area (Å²) in [7, 11) is 0. The molecule has 0 radical (unpaired) electrons. The van der Waals surface area contributed by atoms with Crippen molar-refractivity contribution in [2.45, 2.75) is 5.03 Å². The lowest BCUT2D eigenvalue weighted by molar-refractivity contribution is 0.102. The number of nitrogens with zero attached hydrogens (tertiary/aromatic N) is 3. The van der Waals surface area contributed by atoms with Gasteiger partial charge in [-0.3, -0.25) is 4.79 Å². The molecule has 5 nitrogen and oxygen atoms in total. The number of benzene rings is 2. The molecule has 0 aliphatic carbocycles. The van der Waals surface area contributed by atoms with Gasteiger partial charge in [0, 0.05) is 5.56 Å². The first-order valence-corrected chi connectivity index (χ1v) is 8.36. The van der Waals surface area contributed by atoms with E-state index in [9.17, 15) is 10.1 Å². The number of thioether (sulfide) groups is 1. The number of carbonyl (C=O) groups is 1. The first-order chi connectivity index (χ1) is 12.1. The molecule has 2 aromatic carbocycles. The number of hydrogen-bond donors (Lipinski definition) is 1. The topological polar surface area (TPSA) is 104 Å². The number of nitrogens with two attached hydrogens (primary N) is 1. The van der Waals surface area contributed by atoms with Gasteiger partial charge in [0.05, 0.1) is 16.9 Å². The maximum Gasteiger partial charge on any atom is 0.173 e. The normalized spacial score (nSPS) is 10.2. The fourth-order valence-electron chi connectivity index (χ4n) is 2.37. The Morgan fingerprint density at radius 3 is 2.48 bits per heavy atom. The van der Waals surface area contributed by atoms with Crippen LogP contribution in [0.5, 0.6) is 0 Å². The van der Waals surface area contributed by atoms with Crippen LogP contribution in [-0.2, 0) is 0 Å². The van der Waals surface area contributed by atoms with E-state index in [1.807, 2.05) is 48.5 Å². The minimum absolute atomic E-state index is 0.0576. The molecular weight excluding hydrogens is 332 g/mol. The summed E-state index contributed by atoms with van der Waals surface area (Å²) in [6, 6.07) is 18.6. The van der Waals surface area contributed by atoms with Crippen molar-refractivity contribution in [2.24, 2.45) is 0 Å². The van der Waals surface area contributed by atoms with Crippen molar-refractivity contribution >= 4 is 34.1 Å². The summed E-state index contributed by atoms with van der Waals surface area (Å²) in [6.07, 6.45) is 0. The number of anilines is 1. The highest BCUT2D eigenvalue weighted by Crippen LogP contribution is 2.25. The summed E-state index contributed by atoms with van der Waals surface area (Å²) in [6.45, 7) is 0. The SMILES string of the molecule is N#Cc1cc(C#N)c(SCC(=O)c2ccc3ccccc3c2)nc1N. The molecule has 0 atom stereocenters.